The van der Waals surface area contributed by atoms with Gasteiger partial charge in [-0.15, -0.1) is 0 Å². The molecule has 0 fully saturated rings. The maximum absolute atomic E-state index is 12.7. The van der Waals surface area contributed by atoms with E-state index in [0.29, 0.717) is 35.7 Å². The number of aliphatic carboxylic acids is 2. The van der Waals surface area contributed by atoms with E-state index in [1.54, 1.807) is 25.1 Å². The number of benzene rings is 3. The molecule has 1 atom stereocenters. The minimum absolute atomic E-state index is 0.0289. The number of ether oxygens (including phenoxy) is 2. The van der Waals surface area contributed by atoms with E-state index in [1.807, 2.05) is 48.2 Å². The van der Waals surface area contributed by atoms with E-state index in [-0.39, 0.29) is 22.6 Å². The first-order chi connectivity index (χ1) is 18.8. The van der Waals surface area contributed by atoms with Gasteiger partial charge in [0, 0.05) is 23.7 Å². The van der Waals surface area contributed by atoms with Gasteiger partial charge in [-0.2, -0.15) is 0 Å². The monoisotopic (exact) mass is 527 g/mol. The molecule has 7 heteroatoms. The van der Waals surface area contributed by atoms with E-state index in [1.165, 1.54) is 14.2 Å². The topological polar surface area (TPSA) is 96.3 Å². The van der Waals surface area contributed by atoms with Gasteiger partial charge in [0.1, 0.15) is 0 Å². The van der Waals surface area contributed by atoms with Crippen LogP contribution in [0.2, 0.25) is 0 Å². The number of rotatable bonds is 10. The Morgan fingerprint density at radius 1 is 0.846 bits per heavy atom. The highest BCUT2D eigenvalue weighted by Crippen LogP contribution is 2.41. The van der Waals surface area contributed by atoms with Crippen molar-refractivity contribution in [3.05, 3.63) is 112 Å². The van der Waals surface area contributed by atoms with Crippen molar-refractivity contribution in [2.45, 2.75) is 32.2 Å². The SMILES string of the molecule is COc1ccc(C2=C(C(=O)O)C(C)N(CCC(c3ccccc3)c3ccccc3)C(C)=C2C(=O)O)cc1OC. The molecular weight excluding hydrogens is 494 g/mol. The van der Waals surface area contributed by atoms with Gasteiger partial charge < -0.3 is 24.6 Å². The third-order valence-electron chi connectivity index (χ3n) is 7.38. The third-order valence-corrected chi connectivity index (χ3v) is 7.38. The third kappa shape index (κ3) is 5.53. The summed E-state index contributed by atoms with van der Waals surface area (Å²) in [5, 5.41) is 20.7. The lowest BCUT2D eigenvalue weighted by molar-refractivity contribution is -0.133. The minimum Gasteiger partial charge on any atom is -0.493 e. The smallest absolute Gasteiger partial charge is 0.338 e. The molecule has 0 radical (unpaired) electrons. The van der Waals surface area contributed by atoms with Crippen molar-refractivity contribution in [3.63, 3.8) is 0 Å². The van der Waals surface area contributed by atoms with Crippen LogP contribution in [0.25, 0.3) is 5.57 Å². The van der Waals surface area contributed by atoms with Crippen molar-refractivity contribution in [1.82, 2.24) is 4.90 Å². The predicted molar refractivity (Wildman–Crippen MR) is 150 cm³/mol. The van der Waals surface area contributed by atoms with Crippen molar-refractivity contribution in [2.24, 2.45) is 0 Å². The van der Waals surface area contributed by atoms with Gasteiger partial charge in [-0.3, -0.25) is 0 Å². The van der Waals surface area contributed by atoms with Crippen molar-refractivity contribution in [1.29, 1.82) is 0 Å². The molecule has 1 unspecified atom stereocenters. The summed E-state index contributed by atoms with van der Waals surface area (Å²) in [5.41, 5.74) is 3.43. The number of allylic oxidation sites excluding steroid dienone is 1. The first-order valence-corrected chi connectivity index (χ1v) is 12.8. The van der Waals surface area contributed by atoms with Crippen molar-refractivity contribution in [3.8, 4) is 11.5 Å². The summed E-state index contributed by atoms with van der Waals surface area (Å²) < 4.78 is 10.7. The zero-order valence-corrected chi connectivity index (χ0v) is 22.5. The Balaban J connectivity index is 1.78. The van der Waals surface area contributed by atoms with Gasteiger partial charge in [0.2, 0.25) is 0 Å². The van der Waals surface area contributed by atoms with E-state index in [9.17, 15) is 19.8 Å². The Labute approximate surface area is 228 Å². The number of carboxylic acid groups (broad SMARTS) is 2. The lowest BCUT2D eigenvalue weighted by Gasteiger charge is -2.39. The summed E-state index contributed by atoms with van der Waals surface area (Å²) in [6, 6.07) is 24.7. The maximum Gasteiger partial charge on any atom is 0.338 e. The van der Waals surface area contributed by atoms with Gasteiger partial charge in [-0.05, 0) is 49.1 Å². The number of hydrogen-bond acceptors (Lipinski definition) is 5. The number of carboxylic acids is 2. The lowest BCUT2D eigenvalue weighted by atomic mass is 9.83. The lowest BCUT2D eigenvalue weighted by Crippen LogP contribution is -2.41. The van der Waals surface area contributed by atoms with Crippen LogP contribution < -0.4 is 9.47 Å². The predicted octanol–water partition coefficient (Wildman–Crippen LogP) is 5.83. The van der Waals surface area contributed by atoms with Crippen LogP contribution in [-0.2, 0) is 9.59 Å². The van der Waals surface area contributed by atoms with Gasteiger partial charge in [-0.25, -0.2) is 9.59 Å². The van der Waals surface area contributed by atoms with Crippen LogP contribution >= 0.6 is 0 Å². The Morgan fingerprint density at radius 2 is 1.41 bits per heavy atom. The average molecular weight is 528 g/mol. The Hall–Kier alpha value is -4.52. The molecule has 3 aromatic carbocycles. The number of nitrogens with zero attached hydrogens (tertiary/aromatic N) is 1. The van der Waals surface area contributed by atoms with E-state index in [4.69, 9.17) is 9.47 Å². The summed E-state index contributed by atoms with van der Waals surface area (Å²) in [6.07, 6.45) is 0.668. The summed E-state index contributed by atoms with van der Waals surface area (Å²) in [7, 11) is 2.99. The molecule has 0 saturated carbocycles. The molecule has 202 valence electrons. The molecule has 2 N–H and O–H groups in total. The fourth-order valence-electron chi connectivity index (χ4n) is 5.48. The second kappa shape index (κ2) is 11.9. The zero-order valence-electron chi connectivity index (χ0n) is 22.5. The average Bonchev–Trinajstić information content (AvgIpc) is 2.94. The van der Waals surface area contributed by atoms with Crippen LogP contribution in [0.3, 0.4) is 0 Å². The van der Waals surface area contributed by atoms with Crippen LogP contribution in [0.15, 0.2) is 95.7 Å². The molecule has 7 nitrogen and oxygen atoms in total. The molecule has 3 aromatic rings. The van der Waals surface area contributed by atoms with Gasteiger partial charge in [0.05, 0.1) is 31.4 Å². The highest BCUT2D eigenvalue weighted by Gasteiger charge is 2.38. The second-order valence-electron chi connectivity index (χ2n) is 9.46. The molecule has 0 bridgehead atoms. The Bertz CT molecular complexity index is 1370. The highest BCUT2D eigenvalue weighted by molar-refractivity contribution is 6.13. The quantitative estimate of drug-likeness (QED) is 0.343. The normalized spacial score (nSPS) is 15.5. The van der Waals surface area contributed by atoms with Crippen molar-refractivity contribution < 1.29 is 29.3 Å². The fourth-order valence-corrected chi connectivity index (χ4v) is 5.48. The number of methoxy groups -OCH3 is 2. The first-order valence-electron chi connectivity index (χ1n) is 12.8. The van der Waals surface area contributed by atoms with Crippen molar-refractivity contribution >= 4 is 17.5 Å². The Kier molecular flexibility index (Phi) is 8.39. The van der Waals surface area contributed by atoms with Crippen LogP contribution in [-0.4, -0.2) is 53.9 Å². The Morgan fingerprint density at radius 3 is 1.90 bits per heavy atom. The van der Waals surface area contributed by atoms with Gasteiger partial charge >= 0.3 is 11.9 Å². The molecule has 0 aliphatic carbocycles. The van der Waals surface area contributed by atoms with Crippen LogP contribution in [0.4, 0.5) is 0 Å². The highest BCUT2D eigenvalue weighted by atomic mass is 16.5. The largest absolute Gasteiger partial charge is 0.493 e. The summed E-state index contributed by atoms with van der Waals surface area (Å²) in [5.74, 6) is -1.43. The molecule has 0 saturated heterocycles. The molecule has 4 rings (SSSR count). The second-order valence-corrected chi connectivity index (χ2v) is 9.46. The molecule has 0 aromatic heterocycles. The molecule has 1 heterocycles. The van der Waals surface area contributed by atoms with E-state index in [0.717, 1.165) is 11.1 Å². The maximum atomic E-state index is 12.7. The van der Waals surface area contributed by atoms with Crippen LogP contribution in [0.1, 0.15) is 42.9 Å². The van der Waals surface area contributed by atoms with E-state index < -0.39 is 18.0 Å². The van der Waals surface area contributed by atoms with Crippen molar-refractivity contribution in [2.75, 3.05) is 20.8 Å². The summed E-state index contributed by atoms with van der Waals surface area (Å²) in [4.78, 5) is 27.2. The molecule has 39 heavy (non-hydrogen) atoms. The minimum atomic E-state index is -1.18. The zero-order chi connectivity index (χ0) is 28.1. The van der Waals surface area contributed by atoms with Gasteiger partial charge in [-0.1, -0.05) is 66.7 Å². The summed E-state index contributed by atoms with van der Waals surface area (Å²) >= 11 is 0. The molecule has 0 amide bonds. The first kappa shape index (κ1) is 27.5. The standard InChI is InChI=1S/C32H33NO6/c1-20-28(31(34)35)30(24-15-16-26(38-3)27(19-24)39-4)29(32(36)37)21(2)33(20)18-17-25(22-11-7-5-8-12-22)23-13-9-6-10-14-23/h5-16,19-20,25H,17-18H2,1-4H3,(H,34,35)(H,36,37). The van der Waals surface area contributed by atoms with Gasteiger partial charge in [0.25, 0.3) is 0 Å². The van der Waals surface area contributed by atoms with E-state index in [2.05, 4.69) is 24.3 Å². The van der Waals surface area contributed by atoms with Crippen LogP contribution in [0.5, 0.6) is 11.5 Å². The molecule has 1 aliphatic rings. The summed E-state index contributed by atoms with van der Waals surface area (Å²) in [6.45, 7) is 4.03. The van der Waals surface area contributed by atoms with Gasteiger partial charge in [0.15, 0.2) is 11.5 Å². The van der Waals surface area contributed by atoms with Crippen LogP contribution in [0, 0.1) is 0 Å². The fraction of sp³-hybridized carbons (Fsp3) is 0.250. The molecule has 0 spiro atoms. The number of hydrogen-bond donors (Lipinski definition) is 2. The van der Waals surface area contributed by atoms with E-state index >= 15 is 0 Å². The molecule has 1 aliphatic heterocycles. The number of carbonyl (C=O) groups is 2. The molecular formula is C32H33NO6.